The molecule has 1 saturated carbocycles. The number of amides is 2. The summed E-state index contributed by atoms with van der Waals surface area (Å²) in [5.41, 5.74) is 1.03. The van der Waals surface area contributed by atoms with E-state index in [-0.39, 0.29) is 41.6 Å². The molecule has 0 unspecified atom stereocenters. The first-order valence-electron chi connectivity index (χ1n) is 14.7. The molecule has 3 aromatic rings. The van der Waals surface area contributed by atoms with Gasteiger partial charge in [-0.1, -0.05) is 6.07 Å². The number of rotatable bonds is 7. The highest BCUT2D eigenvalue weighted by Gasteiger charge is 2.59. The highest BCUT2D eigenvalue weighted by molar-refractivity contribution is 5.95. The molecule has 230 valence electrons. The van der Waals surface area contributed by atoms with Crippen LogP contribution in [0.3, 0.4) is 0 Å². The Morgan fingerprint density at radius 3 is 2.80 bits per heavy atom. The van der Waals surface area contributed by atoms with Crippen LogP contribution in [-0.2, 0) is 23.9 Å². The van der Waals surface area contributed by atoms with Gasteiger partial charge >= 0.3 is 6.18 Å². The van der Waals surface area contributed by atoms with Gasteiger partial charge < -0.3 is 25.0 Å². The Bertz CT molecular complexity index is 1640. The number of carbonyl (C=O) groups is 2. The quantitative estimate of drug-likeness (QED) is 0.406. The summed E-state index contributed by atoms with van der Waals surface area (Å²) >= 11 is 0. The molecule has 1 aromatic heterocycles. The number of benzene rings is 2. The zero-order valence-corrected chi connectivity index (χ0v) is 24.3. The molecule has 9 nitrogen and oxygen atoms in total. The summed E-state index contributed by atoms with van der Waals surface area (Å²) < 4.78 is 54.5. The third-order valence-corrected chi connectivity index (χ3v) is 9.00. The minimum Gasteiger partial charge on any atom is -0.487 e. The first kappa shape index (κ1) is 28.6. The van der Waals surface area contributed by atoms with Gasteiger partial charge in [0.05, 0.1) is 17.5 Å². The number of halogens is 3. The molecule has 4 heterocycles. The van der Waals surface area contributed by atoms with Crippen LogP contribution in [0.1, 0.15) is 51.4 Å². The zero-order valence-electron chi connectivity index (χ0n) is 24.3. The monoisotopic (exact) mass is 607 g/mol. The lowest BCUT2D eigenvalue weighted by Crippen LogP contribution is -2.32. The smallest absolute Gasteiger partial charge is 0.416 e. The first-order valence-corrected chi connectivity index (χ1v) is 14.7. The molecule has 0 bridgehead atoms. The van der Waals surface area contributed by atoms with E-state index >= 15 is 0 Å². The van der Waals surface area contributed by atoms with E-state index in [1.807, 2.05) is 25.1 Å². The van der Waals surface area contributed by atoms with E-state index in [9.17, 15) is 22.8 Å². The summed E-state index contributed by atoms with van der Waals surface area (Å²) in [6.07, 6.45) is -1.54. The van der Waals surface area contributed by atoms with Gasteiger partial charge in [-0.25, -0.2) is 4.98 Å². The summed E-state index contributed by atoms with van der Waals surface area (Å²) in [6.45, 7) is 1.61. The molecular formula is C32H32F3N5O4. The lowest BCUT2D eigenvalue weighted by molar-refractivity contribution is -0.138. The number of nitrogens with zero attached hydrogens (tertiary/aromatic N) is 3. The Morgan fingerprint density at radius 1 is 1.18 bits per heavy atom. The highest BCUT2D eigenvalue weighted by Crippen LogP contribution is 2.54. The van der Waals surface area contributed by atoms with Gasteiger partial charge in [-0.15, -0.1) is 0 Å². The Balaban J connectivity index is 1.04. The van der Waals surface area contributed by atoms with E-state index in [0.717, 1.165) is 30.2 Å². The predicted octanol–water partition coefficient (Wildman–Crippen LogP) is 4.57. The summed E-state index contributed by atoms with van der Waals surface area (Å²) in [5.74, 6) is 1.54. The number of hydrogen-bond donors (Lipinski definition) is 2. The van der Waals surface area contributed by atoms with Gasteiger partial charge in [0, 0.05) is 55.0 Å². The first-order chi connectivity index (χ1) is 21.0. The fourth-order valence-corrected chi connectivity index (χ4v) is 6.53. The maximum Gasteiger partial charge on any atom is 0.416 e. The van der Waals surface area contributed by atoms with Crippen LogP contribution >= 0.6 is 0 Å². The fourth-order valence-electron chi connectivity index (χ4n) is 6.53. The van der Waals surface area contributed by atoms with Crippen molar-refractivity contribution in [2.75, 3.05) is 32.5 Å². The van der Waals surface area contributed by atoms with E-state index in [0.29, 0.717) is 48.5 Å². The maximum absolute atomic E-state index is 14.1. The number of pyridine rings is 1. The number of likely N-dealkylation sites (tertiary alicyclic amines) is 1. The van der Waals surface area contributed by atoms with Crippen LogP contribution in [0.25, 0.3) is 0 Å². The molecule has 2 N–H and O–H groups in total. The van der Waals surface area contributed by atoms with Crippen LogP contribution in [0.2, 0.25) is 0 Å². The number of ether oxygens (including phenoxy) is 2. The molecule has 2 aromatic carbocycles. The van der Waals surface area contributed by atoms with Crippen molar-refractivity contribution in [3.8, 4) is 17.2 Å². The van der Waals surface area contributed by atoms with E-state index in [1.54, 1.807) is 24.4 Å². The SMILES string of the molecule is CN(C)[C@@H]1CCN(Cc2ccc(C(=O)N[C@@H]3[C@H]4Oc5ccc(Oc6ccnc7c6CCC(=O)N7)cc5[C@@H]34)cc2C(F)(F)F)C1. The largest absolute Gasteiger partial charge is 0.487 e. The van der Waals surface area contributed by atoms with Gasteiger partial charge in [0.15, 0.2) is 0 Å². The minimum atomic E-state index is -4.58. The molecule has 44 heavy (non-hydrogen) atoms. The van der Waals surface area contributed by atoms with Crippen LogP contribution in [0, 0.1) is 0 Å². The van der Waals surface area contributed by atoms with Gasteiger partial charge in [-0.05, 0) is 68.9 Å². The van der Waals surface area contributed by atoms with Crippen LogP contribution in [-0.4, -0.2) is 72.0 Å². The second kappa shape index (κ2) is 10.8. The standard InChI is InChI=1S/C32H32F3N5O4/c1-39(2)19-10-12-40(16-19)15-18-4-3-17(13-23(18)32(33,34)35)31(42)38-28-27-22-14-20(5-7-24(22)44-29(27)28)43-25-9-11-36-30-21(25)6-8-26(41)37-30/h3-5,7,9,11,13-14,19,27-29H,6,8,10,12,15-16H2,1-2H3,(H,38,42)(H,36,37,41)/t19-,27+,28+,29+/m1/s1. The van der Waals surface area contributed by atoms with Crippen molar-refractivity contribution in [1.82, 2.24) is 20.1 Å². The summed E-state index contributed by atoms with van der Waals surface area (Å²) in [4.78, 5) is 33.2. The van der Waals surface area contributed by atoms with Crippen LogP contribution in [0.4, 0.5) is 19.0 Å². The molecule has 4 aliphatic rings. The van der Waals surface area contributed by atoms with Crippen LogP contribution < -0.4 is 20.1 Å². The highest BCUT2D eigenvalue weighted by atomic mass is 19.4. The van der Waals surface area contributed by atoms with E-state index < -0.39 is 17.6 Å². The van der Waals surface area contributed by atoms with Crippen LogP contribution in [0.5, 0.6) is 17.2 Å². The second-order valence-corrected chi connectivity index (χ2v) is 12.1. The Labute approximate surface area is 252 Å². The van der Waals surface area contributed by atoms with E-state index in [4.69, 9.17) is 9.47 Å². The van der Waals surface area contributed by atoms with Crippen molar-refractivity contribution in [3.05, 3.63) is 76.5 Å². The summed E-state index contributed by atoms with van der Waals surface area (Å²) in [7, 11) is 3.95. The number of fused-ring (bicyclic) bond motifs is 4. The Kier molecular flexibility index (Phi) is 7.00. The molecule has 1 aliphatic carbocycles. The number of alkyl halides is 3. The molecule has 7 rings (SSSR count). The molecule has 0 spiro atoms. The molecule has 12 heteroatoms. The number of anilines is 1. The Morgan fingerprint density at radius 2 is 2.02 bits per heavy atom. The zero-order chi connectivity index (χ0) is 30.7. The predicted molar refractivity (Wildman–Crippen MR) is 155 cm³/mol. The van der Waals surface area contributed by atoms with Crippen molar-refractivity contribution < 1.29 is 32.2 Å². The topological polar surface area (TPSA) is 96.0 Å². The maximum atomic E-state index is 14.1. The normalized spacial score (nSPS) is 23.8. The summed E-state index contributed by atoms with van der Waals surface area (Å²) in [6, 6.07) is 11.0. The molecule has 0 radical (unpaired) electrons. The summed E-state index contributed by atoms with van der Waals surface area (Å²) in [5, 5.41) is 5.64. The lowest BCUT2D eigenvalue weighted by atomic mass is 10.0. The second-order valence-electron chi connectivity index (χ2n) is 12.1. The number of nitrogens with one attached hydrogen (secondary N) is 2. The third-order valence-electron chi connectivity index (χ3n) is 9.00. The van der Waals surface area contributed by atoms with E-state index in [2.05, 4.69) is 20.5 Å². The third kappa shape index (κ3) is 5.36. The molecular weight excluding hydrogens is 575 g/mol. The minimum absolute atomic E-state index is 0.0366. The number of likely N-dealkylation sites (N-methyl/N-ethyl adjacent to an activating group) is 1. The van der Waals surface area contributed by atoms with Crippen molar-refractivity contribution in [2.24, 2.45) is 0 Å². The molecule has 1 saturated heterocycles. The Hall–Kier alpha value is -4.16. The van der Waals surface area contributed by atoms with Gasteiger partial charge in [-0.3, -0.25) is 14.5 Å². The number of hydrogen-bond acceptors (Lipinski definition) is 7. The molecule has 3 aliphatic heterocycles. The van der Waals surface area contributed by atoms with Gasteiger partial charge in [0.1, 0.15) is 29.2 Å². The van der Waals surface area contributed by atoms with Crippen molar-refractivity contribution in [3.63, 3.8) is 0 Å². The lowest BCUT2D eigenvalue weighted by Gasteiger charge is -2.22. The average molecular weight is 608 g/mol. The van der Waals surface area contributed by atoms with E-state index in [1.165, 1.54) is 12.1 Å². The average Bonchev–Trinajstić information content (AvgIpc) is 3.28. The molecule has 4 atom stereocenters. The number of carbonyl (C=O) groups excluding carboxylic acids is 2. The van der Waals surface area contributed by atoms with Crippen LogP contribution in [0.15, 0.2) is 48.7 Å². The molecule has 2 fully saturated rings. The number of aromatic nitrogens is 1. The van der Waals surface area contributed by atoms with Crippen molar-refractivity contribution >= 4 is 17.6 Å². The van der Waals surface area contributed by atoms with Gasteiger partial charge in [0.25, 0.3) is 5.91 Å². The van der Waals surface area contributed by atoms with Crippen molar-refractivity contribution in [2.45, 2.75) is 56.1 Å². The van der Waals surface area contributed by atoms with Gasteiger partial charge in [0.2, 0.25) is 5.91 Å². The molecule has 2 amide bonds. The van der Waals surface area contributed by atoms with Crippen molar-refractivity contribution in [1.29, 1.82) is 0 Å². The fraction of sp³-hybridized carbons (Fsp3) is 0.406. The van der Waals surface area contributed by atoms with Gasteiger partial charge in [-0.2, -0.15) is 13.2 Å².